The van der Waals surface area contributed by atoms with Crippen LogP contribution in [0.25, 0.3) is 0 Å². The van der Waals surface area contributed by atoms with E-state index >= 15 is 0 Å². The monoisotopic (exact) mass is 220 g/mol. The summed E-state index contributed by atoms with van der Waals surface area (Å²) in [5, 5.41) is 0. The maximum Gasteiger partial charge on any atom is 0.142 e. The van der Waals surface area contributed by atoms with E-state index in [-0.39, 0.29) is 0 Å². The van der Waals surface area contributed by atoms with Crippen molar-refractivity contribution >= 4 is 5.69 Å². The maximum absolute atomic E-state index is 5.41. The normalized spacial score (nSPS) is 18.2. The van der Waals surface area contributed by atoms with E-state index in [1.807, 2.05) is 12.1 Å². The Hall–Kier alpha value is -1.22. The van der Waals surface area contributed by atoms with Crippen LogP contribution in [-0.4, -0.2) is 45.2 Å². The van der Waals surface area contributed by atoms with E-state index in [0.717, 1.165) is 25.4 Å². The van der Waals surface area contributed by atoms with Crippen LogP contribution in [0.4, 0.5) is 5.69 Å². The average molecular weight is 220 g/mol. The van der Waals surface area contributed by atoms with Gasteiger partial charge in [0.25, 0.3) is 0 Å². The van der Waals surface area contributed by atoms with Gasteiger partial charge in [0.15, 0.2) is 0 Å². The Morgan fingerprint density at radius 3 is 2.69 bits per heavy atom. The lowest BCUT2D eigenvalue weighted by Gasteiger charge is -2.24. The summed E-state index contributed by atoms with van der Waals surface area (Å²) in [7, 11) is 3.93. The zero-order valence-electron chi connectivity index (χ0n) is 10.1. The standard InChI is InChI=1S/C13H20N2O/c1-14-8-5-9-15(11-10-14)12-6-3-4-7-13(12)16-2/h3-4,6-7H,5,8-11H2,1-2H3. The number of ether oxygens (including phenoxy) is 1. The fraction of sp³-hybridized carbons (Fsp3) is 0.538. The molecular formula is C13H20N2O. The van der Waals surface area contributed by atoms with Gasteiger partial charge in [0.1, 0.15) is 5.75 Å². The van der Waals surface area contributed by atoms with E-state index in [9.17, 15) is 0 Å². The molecule has 0 atom stereocenters. The molecule has 0 unspecified atom stereocenters. The van der Waals surface area contributed by atoms with Gasteiger partial charge in [0.2, 0.25) is 0 Å². The second-order valence-corrected chi connectivity index (χ2v) is 4.32. The minimum absolute atomic E-state index is 0.979. The third-order valence-electron chi connectivity index (χ3n) is 3.15. The number of benzene rings is 1. The van der Waals surface area contributed by atoms with E-state index in [0.29, 0.717) is 0 Å². The van der Waals surface area contributed by atoms with E-state index in [4.69, 9.17) is 4.74 Å². The van der Waals surface area contributed by atoms with E-state index < -0.39 is 0 Å². The molecule has 1 aromatic carbocycles. The van der Waals surface area contributed by atoms with Crippen LogP contribution in [0.15, 0.2) is 24.3 Å². The van der Waals surface area contributed by atoms with Gasteiger partial charge >= 0.3 is 0 Å². The zero-order valence-corrected chi connectivity index (χ0v) is 10.1. The minimum atomic E-state index is 0.979. The molecule has 0 spiro atoms. The van der Waals surface area contributed by atoms with Crippen molar-refractivity contribution in [2.24, 2.45) is 0 Å². The molecule has 0 N–H and O–H groups in total. The van der Waals surface area contributed by atoms with Crippen LogP contribution in [0.2, 0.25) is 0 Å². The Kier molecular flexibility index (Phi) is 3.67. The van der Waals surface area contributed by atoms with Gasteiger partial charge in [-0.15, -0.1) is 0 Å². The summed E-state index contributed by atoms with van der Waals surface area (Å²) in [6, 6.07) is 8.27. The highest BCUT2D eigenvalue weighted by Gasteiger charge is 2.15. The minimum Gasteiger partial charge on any atom is -0.495 e. The van der Waals surface area contributed by atoms with Gasteiger partial charge in [0, 0.05) is 19.6 Å². The molecule has 1 fully saturated rings. The lowest BCUT2D eigenvalue weighted by Crippen LogP contribution is -2.28. The quantitative estimate of drug-likeness (QED) is 0.756. The molecule has 16 heavy (non-hydrogen) atoms. The molecule has 2 rings (SSSR count). The van der Waals surface area contributed by atoms with Gasteiger partial charge < -0.3 is 14.5 Å². The summed E-state index contributed by atoms with van der Waals surface area (Å²) < 4.78 is 5.41. The van der Waals surface area contributed by atoms with E-state index in [1.165, 1.54) is 18.7 Å². The lowest BCUT2D eigenvalue weighted by molar-refractivity contribution is 0.360. The van der Waals surface area contributed by atoms with Crippen molar-refractivity contribution in [2.45, 2.75) is 6.42 Å². The highest BCUT2D eigenvalue weighted by molar-refractivity contribution is 5.58. The van der Waals surface area contributed by atoms with Crippen molar-refractivity contribution < 1.29 is 4.74 Å². The Morgan fingerprint density at radius 1 is 1.06 bits per heavy atom. The number of para-hydroxylation sites is 2. The second-order valence-electron chi connectivity index (χ2n) is 4.32. The largest absolute Gasteiger partial charge is 0.495 e. The topological polar surface area (TPSA) is 15.7 Å². The first-order valence-corrected chi connectivity index (χ1v) is 5.88. The van der Waals surface area contributed by atoms with Gasteiger partial charge in [0.05, 0.1) is 12.8 Å². The average Bonchev–Trinajstić information content (AvgIpc) is 2.54. The summed E-state index contributed by atoms with van der Waals surface area (Å²) in [4.78, 5) is 4.80. The van der Waals surface area contributed by atoms with Crippen LogP contribution in [0.1, 0.15) is 6.42 Å². The van der Waals surface area contributed by atoms with E-state index in [1.54, 1.807) is 7.11 Å². The Morgan fingerprint density at radius 2 is 1.88 bits per heavy atom. The van der Waals surface area contributed by atoms with Crippen LogP contribution < -0.4 is 9.64 Å². The van der Waals surface area contributed by atoms with Crippen molar-refractivity contribution in [3.05, 3.63) is 24.3 Å². The third-order valence-corrected chi connectivity index (χ3v) is 3.15. The molecular weight excluding hydrogens is 200 g/mol. The molecule has 0 aliphatic carbocycles. The van der Waals surface area contributed by atoms with Gasteiger partial charge in [-0.3, -0.25) is 0 Å². The van der Waals surface area contributed by atoms with Crippen LogP contribution >= 0.6 is 0 Å². The zero-order chi connectivity index (χ0) is 11.4. The fourth-order valence-corrected chi connectivity index (χ4v) is 2.18. The van der Waals surface area contributed by atoms with Gasteiger partial charge in [-0.25, -0.2) is 0 Å². The van der Waals surface area contributed by atoms with Crippen molar-refractivity contribution in [3.63, 3.8) is 0 Å². The summed E-state index contributed by atoms with van der Waals surface area (Å²) in [6.07, 6.45) is 1.22. The summed E-state index contributed by atoms with van der Waals surface area (Å²) in [5.41, 5.74) is 1.22. The van der Waals surface area contributed by atoms with Crippen molar-refractivity contribution in [1.82, 2.24) is 4.90 Å². The first-order chi connectivity index (χ1) is 7.81. The SMILES string of the molecule is COc1ccccc1N1CCCN(C)CC1. The Bertz CT molecular complexity index is 340. The lowest BCUT2D eigenvalue weighted by atomic mass is 10.2. The molecule has 0 saturated carbocycles. The highest BCUT2D eigenvalue weighted by atomic mass is 16.5. The van der Waals surface area contributed by atoms with Gasteiger partial charge in [-0.1, -0.05) is 12.1 Å². The Balaban J connectivity index is 2.16. The summed E-state index contributed by atoms with van der Waals surface area (Å²) in [6.45, 7) is 4.51. The maximum atomic E-state index is 5.41. The number of anilines is 1. The molecule has 1 aliphatic rings. The van der Waals surface area contributed by atoms with E-state index in [2.05, 4.69) is 29.0 Å². The Labute approximate surface area is 97.6 Å². The number of nitrogens with zero attached hydrogens (tertiary/aromatic N) is 2. The molecule has 88 valence electrons. The first kappa shape index (κ1) is 11.3. The van der Waals surface area contributed by atoms with Crippen molar-refractivity contribution in [1.29, 1.82) is 0 Å². The molecule has 0 bridgehead atoms. The predicted octanol–water partition coefficient (Wildman–Crippen LogP) is 1.84. The number of methoxy groups -OCH3 is 1. The number of hydrogen-bond donors (Lipinski definition) is 0. The van der Waals surface area contributed by atoms with Crippen LogP contribution in [0.3, 0.4) is 0 Å². The fourth-order valence-electron chi connectivity index (χ4n) is 2.18. The summed E-state index contributed by atoms with van der Waals surface area (Å²) in [5.74, 6) is 0.979. The summed E-state index contributed by atoms with van der Waals surface area (Å²) >= 11 is 0. The van der Waals surface area contributed by atoms with Crippen LogP contribution in [-0.2, 0) is 0 Å². The van der Waals surface area contributed by atoms with Crippen molar-refractivity contribution in [2.75, 3.05) is 45.2 Å². The van der Waals surface area contributed by atoms with Gasteiger partial charge in [-0.2, -0.15) is 0 Å². The molecule has 0 radical (unpaired) electrons. The molecule has 1 aromatic rings. The molecule has 3 nitrogen and oxygen atoms in total. The highest BCUT2D eigenvalue weighted by Crippen LogP contribution is 2.28. The molecule has 1 saturated heterocycles. The predicted molar refractivity (Wildman–Crippen MR) is 67.3 cm³/mol. The third kappa shape index (κ3) is 2.47. The first-order valence-electron chi connectivity index (χ1n) is 5.88. The van der Waals surface area contributed by atoms with Crippen LogP contribution in [0.5, 0.6) is 5.75 Å². The number of hydrogen-bond acceptors (Lipinski definition) is 3. The van der Waals surface area contributed by atoms with Crippen molar-refractivity contribution in [3.8, 4) is 5.75 Å². The molecule has 0 amide bonds. The smallest absolute Gasteiger partial charge is 0.142 e. The molecule has 1 heterocycles. The second kappa shape index (κ2) is 5.21. The van der Waals surface area contributed by atoms with Crippen LogP contribution in [0, 0.1) is 0 Å². The molecule has 0 aromatic heterocycles. The molecule has 3 heteroatoms. The molecule has 1 aliphatic heterocycles. The number of rotatable bonds is 2. The van der Waals surface area contributed by atoms with Gasteiger partial charge in [-0.05, 0) is 32.1 Å². The number of likely N-dealkylation sites (N-methyl/N-ethyl adjacent to an activating group) is 1.